The number of ether oxygens (including phenoxy) is 2. The highest BCUT2D eigenvalue weighted by Crippen LogP contribution is 2.22. The van der Waals surface area contributed by atoms with Gasteiger partial charge in [0.2, 0.25) is 5.91 Å². The van der Waals surface area contributed by atoms with E-state index < -0.39 is 24.1 Å². The van der Waals surface area contributed by atoms with Gasteiger partial charge < -0.3 is 36.7 Å². The number of benzene rings is 5. The number of guanidine groups is 1. The van der Waals surface area contributed by atoms with E-state index in [1.54, 1.807) is 60.7 Å². The van der Waals surface area contributed by atoms with Crippen LogP contribution in [0.15, 0.2) is 138 Å². The van der Waals surface area contributed by atoms with E-state index >= 15 is 0 Å². The molecule has 2 amide bonds. The molecule has 0 aliphatic heterocycles. The first-order valence-corrected chi connectivity index (χ1v) is 16.0. The van der Waals surface area contributed by atoms with Gasteiger partial charge in [-0.2, -0.15) is 13.2 Å². The molecule has 0 radical (unpaired) electrons. The van der Waals surface area contributed by atoms with Gasteiger partial charge in [0.25, 0.3) is 5.91 Å². The second-order valence-electron chi connectivity index (χ2n) is 11.3. The van der Waals surface area contributed by atoms with Crippen molar-refractivity contribution in [2.24, 2.45) is 16.5 Å². The molecule has 0 fully saturated rings. The minimum Gasteiger partial charge on any atom is -0.489 e. The van der Waals surface area contributed by atoms with Crippen LogP contribution in [-0.4, -0.2) is 35.0 Å². The monoisotopic (exact) mass is 727 g/mol. The second kappa shape index (κ2) is 19.0. The first-order valence-electron chi connectivity index (χ1n) is 16.0. The Balaban J connectivity index is 0.000000815. The van der Waals surface area contributed by atoms with E-state index in [2.05, 4.69) is 15.6 Å². The van der Waals surface area contributed by atoms with Gasteiger partial charge in [0.05, 0.1) is 5.69 Å². The van der Waals surface area contributed by atoms with Crippen LogP contribution in [0.3, 0.4) is 0 Å². The quantitative estimate of drug-likeness (QED) is 0.0706. The van der Waals surface area contributed by atoms with E-state index in [4.69, 9.17) is 30.8 Å². The third-order valence-corrected chi connectivity index (χ3v) is 7.27. The van der Waals surface area contributed by atoms with Crippen LogP contribution in [0, 0.1) is 0 Å². The molecular formula is C39H36F3N5O6. The summed E-state index contributed by atoms with van der Waals surface area (Å²) in [5, 5.41) is 12.9. The zero-order valence-corrected chi connectivity index (χ0v) is 28.1. The van der Waals surface area contributed by atoms with Crippen molar-refractivity contribution in [3.63, 3.8) is 0 Å². The van der Waals surface area contributed by atoms with Crippen LogP contribution >= 0.6 is 0 Å². The average Bonchev–Trinajstić information content (AvgIpc) is 3.16. The number of amides is 2. The molecule has 7 N–H and O–H groups in total. The molecule has 0 saturated carbocycles. The van der Waals surface area contributed by atoms with Gasteiger partial charge in [-0.05, 0) is 70.8 Å². The van der Waals surface area contributed by atoms with Crippen molar-refractivity contribution in [2.45, 2.75) is 32.0 Å². The fourth-order valence-electron chi connectivity index (χ4n) is 4.58. The number of alkyl halides is 3. The Morgan fingerprint density at radius 3 is 1.60 bits per heavy atom. The summed E-state index contributed by atoms with van der Waals surface area (Å²) in [6.07, 6.45) is -5.08. The Hall–Kier alpha value is -6.83. The Kier molecular flexibility index (Phi) is 13.9. The highest BCUT2D eigenvalue weighted by atomic mass is 19.4. The summed E-state index contributed by atoms with van der Waals surface area (Å²) in [4.78, 5) is 39.8. The summed E-state index contributed by atoms with van der Waals surface area (Å²) in [5.41, 5.74) is 15.4. The van der Waals surface area contributed by atoms with Crippen LogP contribution in [-0.2, 0) is 29.3 Å². The van der Waals surface area contributed by atoms with Crippen LogP contribution in [0.25, 0.3) is 0 Å². The van der Waals surface area contributed by atoms with Gasteiger partial charge >= 0.3 is 12.1 Å². The number of nitrogens with two attached hydrogens (primary N) is 2. The zero-order chi connectivity index (χ0) is 38.2. The molecule has 0 spiro atoms. The lowest BCUT2D eigenvalue weighted by Gasteiger charge is -2.20. The number of hydrogen-bond donors (Lipinski definition) is 5. The molecule has 0 aliphatic rings. The number of carbonyl (C=O) groups is 3. The topological polar surface area (TPSA) is 178 Å². The molecular weight excluding hydrogens is 691 g/mol. The maximum Gasteiger partial charge on any atom is 0.490 e. The Morgan fingerprint density at radius 2 is 1.15 bits per heavy atom. The lowest BCUT2D eigenvalue weighted by Crippen LogP contribution is -2.40. The van der Waals surface area contributed by atoms with E-state index in [-0.39, 0.29) is 18.4 Å². The normalized spacial score (nSPS) is 11.2. The van der Waals surface area contributed by atoms with Crippen molar-refractivity contribution in [1.82, 2.24) is 10.6 Å². The maximum absolute atomic E-state index is 13.5. The van der Waals surface area contributed by atoms with E-state index in [0.717, 1.165) is 16.7 Å². The van der Waals surface area contributed by atoms with Crippen LogP contribution in [0.4, 0.5) is 18.9 Å². The SMILES string of the molecule is NC(N)=Nc1ccc(CNC(=O)[C@@H](NC(=O)c2ccc(OCc3ccccc3)cc2)c2ccc(OCc3ccccc3)cc2)cc1.O=C(O)C(F)(F)F. The van der Waals surface area contributed by atoms with Gasteiger partial charge in [0.1, 0.15) is 30.8 Å². The van der Waals surface area contributed by atoms with E-state index in [0.29, 0.717) is 41.5 Å². The molecule has 11 nitrogen and oxygen atoms in total. The molecule has 0 heterocycles. The number of hydrogen-bond acceptors (Lipinski definition) is 6. The minimum absolute atomic E-state index is 0.0366. The molecule has 5 aromatic carbocycles. The summed E-state index contributed by atoms with van der Waals surface area (Å²) in [6.45, 7) is 1.06. The summed E-state index contributed by atoms with van der Waals surface area (Å²) in [7, 11) is 0. The maximum atomic E-state index is 13.5. The first kappa shape index (κ1) is 39.0. The number of aliphatic carboxylic acids is 1. The lowest BCUT2D eigenvalue weighted by atomic mass is 10.0. The predicted octanol–water partition coefficient (Wildman–Crippen LogP) is 6.17. The number of carboxylic acids is 1. The smallest absolute Gasteiger partial charge is 0.489 e. The van der Waals surface area contributed by atoms with E-state index in [1.165, 1.54) is 0 Å². The van der Waals surface area contributed by atoms with Gasteiger partial charge in [-0.15, -0.1) is 0 Å². The van der Waals surface area contributed by atoms with E-state index in [9.17, 15) is 22.8 Å². The number of nitrogens with zero attached hydrogens (tertiary/aromatic N) is 1. The van der Waals surface area contributed by atoms with Crippen LogP contribution in [0.2, 0.25) is 0 Å². The molecule has 0 unspecified atom stereocenters. The number of aliphatic imine (C=N–C) groups is 1. The molecule has 0 bridgehead atoms. The lowest BCUT2D eigenvalue weighted by molar-refractivity contribution is -0.192. The summed E-state index contributed by atoms with van der Waals surface area (Å²) in [6, 6.07) is 39.7. The molecule has 0 aliphatic carbocycles. The van der Waals surface area contributed by atoms with Gasteiger partial charge in [0, 0.05) is 12.1 Å². The summed E-state index contributed by atoms with van der Waals surface area (Å²) in [5.74, 6) is -2.29. The first-order chi connectivity index (χ1) is 25.4. The van der Waals surface area contributed by atoms with Gasteiger partial charge in [-0.25, -0.2) is 9.79 Å². The molecule has 5 rings (SSSR count). The highest BCUT2D eigenvalue weighted by molar-refractivity contribution is 5.98. The van der Waals surface area contributed by atoms with Crippen molar-refractivity contribution in [3.05, 3.63) is 161 Å². The molecule has 274 valence electrons. The van der Waals surface area contributed by atoms with Crippen molar-refractivity contribution in [2.75, 3.05) is 0 Å². The molecule has 1 atom stereocenters. The number of carbonyl (C=O) groups excluding carboxylic acids is 2. The Morgan fingerprint density at radius 1 is 0.679 bits per heavy atom. The molecule has 5 aromatic rings. The third kappa shape index (κ3) is 13.1. The largest absolute Gasteiger partial charge is 0.490 e. The third-order valence-electron chi connectivity index (χ3n) is 7.27. The van der Waals surface area contributed by atoms with Crippen molar-refractivity contribution in [1.29, 1.82) is 0 Å². The average molecular weight is 728 g/mol. The fraction of sp³-hybridized carbons (Fsp3) is 0.128. The van der Waals surface area contributed by atoms with Crippen molar-refractivity contribution in [3.8, 4) is 11.5 Å². The Bertz CT molecular complexity index is 1950. The second-order valence-corrected chi connectivity index (χ2v) is 11.3. The van der Waals surface area contributed by atoms with Crippen molar-refractivity contribution >= 4 is 29.4 Å². The van der Waals surface area contributed by atoms with Crippen LogP contribution in [0.1, 0.15) is 38.7 Å². The summed E-state index contributed by atoms with van der Waals surface area (Å²) < 4.78 is 43.5. The van der Waals surface area contributed by atoms with Gasteiger partial charge in [0.15, 0.2) is 5.96 Å². The Labute approximate surface area is 303 Å². The molecule has 0 saturated heterocycles. The fourth-order valence-corrected chi connectivity index (χ4v) is 4.58. The number of halogens is 3. The standard InChI is InChI=1S/C37H35N5O4.C2HF3O2/c38-37(39)41-31-17-11-26(12-18-31)23-40-36(44)34(29-13-19-32(20-14-29)45-24-27-7-3-1-4-8-27)42-35(43)30-15-21-33(22-16-30)46-25-28-9-5-2-6-10-28;3-2(4,5)1(6)7/h1-22,34H,23-25H2,(H,40,44)(H,42,43)(H4,38,39,41);(H,6,7)/t34-;/m0./s1. The van der Waals surface area contributed by atoms with Crippen LogP contribution < -0.4 is 31.6 Å². The molecule has 53 heavy (non-hydrogen) atoms. The predicted molar refractivity (Wildman–Crippen MR) is 192 cm³/mol. The highest BCUT2D eigenvalue weighted by Gasteiger charge is 2.38. The molecule has 0 aromatic heterocycles. The number of carboxylic acid groups (broad SMARTS) is 1. The zero-order valence-electron chi connectivity index (χ0n) is 28.1. The number of rotatable bonds is 13. The summed E-state index contributed by atoms with van der Waals surface area (Å²) >= 11 is 0. The van der Waals surface area contributed by atoms with Crippen LogP contribution in [0.5, 0.6) is 11.5 Å². The number of nitrogens with one attached hydrogen (secondary N) is 2. The minimum atomic E-state index is -5.08. The van der Waals surface area contributed by atoms with E-state index in [1.807, 2.05) is 72.8 Å². The van der Waals surface area contributed by atoms with Crippen molar-refractivity contribution < 1.29 is 42.1 Å². The molecule has 14 heteroatoms. The van der Waals surface area contributed by atoms with Gasteiger partial charge in [-0.3, -0.25) is 9.59 Å². The van der Waals surface area contributed by atoms with Gasteiger partial charge in [-0.1, -0.05) is 84.9 Å².